The number of rotatable bonds is 5. The van der Waals surface area contributed by atoms with Gasteiger partial charge in [-0.15, -0.1) is 0 Å². The minimum atomic E-state index is -0.306. The van der Waals surface area contributed by atoms with Crippen LogP contribution in [-0.4, -0.2) is 11.0 Å². The van der Waals surface area contributed by atoms with Gasteiger partial charge in [0.2, 0.25) is 0 Å². The van der Waals surface area contributed by atoms with E-state index in [4.69, 9.17) is 4.42 Å². The number of pyridine rings is 1. The highest BCUT2D eigenvalue weighted by atomic mass is 19.1. The Morgan fingerprint density at radius 2 is 2.22 bits per heavy atom. The lowest BCUT2D eigenvalue weighted by Gasteiger charge is -2.19. The number of nitrogens with zero attached hydrogens (tertiary/aromatic N) is 1. The van der Waals surface area contributed by atoms with Gasteiger partial charge in [-0.2, -0.15) is 0 Å². The van der Waals surface area contributed by atoms with Crippen LogP contribution in [-0.2, 0) is 6.42 Å². The van der Waals surface area contributed by atoms with Crippen LogP contribution in [0, 0.1) is 5.82 Å². The zero-order chi connectivity index (χ0) is 13.0. The van der Waals surface area contributed by atoms with Gasteiger partial charge >= 0.3 is 0 Å². The molecule has 2 rings (SSSR count). The molecule has 3 nitrogen and oxygen atoms in total. The molecule has 1 N–H and O–H groups in total. The Morgan fingerprint density at radius 3 is 2.89 bits per heavy atom. The van der Waals surface area contributed by atoms with E-state index in [0.717, 1.165) is 17.7 Å². The van der Waals surface area contributed by atoms with E-state index in [1.807, 2.05) is 19.1 Å². The molecular weight excluding hydrogens is 231 g/mol. The maximum absolute atomic E-state index is 13.1. The van der Waals surface area contributed by atoms with E-state index in [1.54, 1.807) is 12.5 Å². The number of halogens is 1. The molecule has 0 aliphatic carbocycles. The fourth-order valence-corrected chi connectivity index (χ4v) is 1.98. The topological polar surface area (TPSA) is 38.1 Å². The van der Waals surface area contributed by atoms with Gasteiger partial charge < -0.3 is 9.73 Å². The van der Waals surface area contributed by atoms with Crippen LogP contribution in [0.3, 0.4) is 0 Å². The van der Waals surface area contributed by atoms with Gasteiger partial charge in [-0.05, 0) is 37.6 Å². The first-order valence-electron chi connectivity index (χ1n) is 6.04. The van der Waals surface area contributed by atoms with Gasteiger partial charge in [-0.1, -0.05) is 0 Å². The standard InChI is InChI=1S/C14H17FN2O/c1-10(6-14-4-3-5-18-14)17-11(2)12-7-13(15)9-16-8-12/h3-5,7-11,17H,6H2,1-2H3. The van der Waals surface area contributed by atoms with Crippen molar-refractivity contribution in [2.45, 2.75) is 32.4 Å². The highest BCUT2D eigenvalue weighted by Crippen LogP contribution is 2.14. The lowest BCUT2D eigenvalue weighted by Crippen LogP contribution is -2.30. The van der Waals surface area contributed by atoms with Crippen molar-refractivity contribution in [3.8, 4) is 0 Å². The van der Waals surface area contributed by atoms with Crippen molar-refractivity contribution < 1.29 is 8.81 Å². The monoisotopic (exact) mass is 248 g/mol. The SMILES string of the molecule is CC(Cc1ccco1)NC(C)c1cncc(F)c1. The van der Waals surface area contributed by atoms with E-state index >= 15 is 0 Å². The largest absolute Gasteiger partial charge is 0.469 e. The number of hydrogen-bond donors (Lipinski definition) is 1. The van der Waals surface area contributed by atoms with Gasteiger partial charge in [-0.3, -0.25) is 4.98 Å². The first kappa shape index (κ1) is 12.8. The summed E-state index contributed by atoms with van der Waals surface area (Å²) >= 11 is 0. The van der Waals surface area contributed by atoms with E-state index in [2.05, 4.69) is 17.2 Å². The zero-order valence-electron chi connectivity index (χ0n) is 10.6. The van der Waals surface area contributed by atoms with Gasteiger partial charge in [0.05, 0.1) is 12.5 Å². The number of hydrogen-bond acceptors (Lipinski definition) is 3. The molecule has 2 unspecified atom stereocenters. The number of furan rings is 1. The van der Waals surface area contributed by atoms with E-state index < -0.39 is 0 Å². The number of nitrogens with one attached hydrogen (secondary N) is 1. The van der Waals surface area contributed by atoms with Crippen LogP contribution < -0.4 is 5.32 Å². The third kappa shape index (κ3) is 3.40. The second kappa shape index (κ2) is 5.78. The molecule has 0 amide bonds. The summed E-state index contributed by atoms with van der Waals surface area (Å²) in [6.45, 7) is 4.07. The summed E-state index contributed by atoms with van der Waals surface area (Å²) in [5.41, 5.74) is 0.848. The Kier molecular flexibility index (Phi) is 4.10. The second-order valence-electron chi connectivity index (χ2n) is 4.51. The number of aromatic nitrogens is 1. The Hall–Kier alpha value is -1.68. The maximum Gasteiger partial charge on any atom is 0.141 e. The minimum Gasteiger partial charge on any atom is -0.469 e. The van der Waals surface area contributed by atoms with Gasteiger partial charge in [0, 0.05) is 24.7 Å². The predicted octanol–water partition coefficient (Wildman–Crippen LogP) is 3.10. The fourth-order valence-electron chi connectivity index (χ4n) is 1.98. The molecule has 0 aromatic carbocycles. The Bertz CT molecular complexity index is 484. The minimum absolute atomic E-state index is 0.0539. The molecule has 0 saturated heterocycles. The zero-order valence-corrected chi connectivity index (χ0v) is 10.6. The van der Waals surface area contributed by atoms with E-state index in [9.17, 15) is 4.39 Å². The molecule has 0 spiro atoms. The normalized spacial score (nSPS) is 14.4. The van der Waals surface area contributed by atoms with E-state index in [1.165, 1.54) is 12.3 Å². The van der Waals surface area contributed by atoms with Crippen LogP contribution >= 0.6 is 0 Å². The summed E-state index contributed by atoms with van der Waals surface area (Å²) in [6.07, 6.45) is 5.37. The summed E-state index contributed by atoms with van der Waals surface area (Å²) in [6, 6.07) is 5.63. The molecule has 96 valence electrons. The van der Waals surface area contributed by atoms with E-state index in [0.29, 0.717) is 0 Å². The average Bonchev–Trinajstić information content (AvgIpc) is 2.81. The molecule has 2 heterocycles. The smallest absolute Gasteiger partial charge is 0.141 e. The first-order valence-corrected chi connectivity index (χ1v) is 6.04. The molecule has 0 radical (unpaired) electrons. The Labute approximate surface area is 106 Å². The molecule has 0 bridgehead atoms. The van der Waals surface area contributed by atoms with Crippen LogP contribution in [0.4, 0.5) is 4.39 Å². The van der Waals surface area contributed by atoms with Crippen molar-refractivity contribution in [1.82, 2.24) is 10.3 Å². The van der Waals surface area contributed by atoms with Gasteiger partial charge in [0.1, 0.15) is 11.6 Å². The quantitative estimate of drug-likeness (QED) is 0.883. The molecule has 0 aliphatic heterocycles. The summed E-state index contributed by atoms with van der Waals surface area (Å²) in [4.78, 5) is 3.85. The molecule has 0 saturated carbocycles. The van der Waals surface area contributed by atoms with Crippen molar-refractivity contribution in [2.24, 2.45) is 0 Å². The lowest BCUT2D eigenvalue weighted by molar-refractivity contribution is 0.427. The third-order valence-corrected chi connectivity index (χ3v) is 2.85. The highest BCUT2D eigenvalue weighted by Gasteiger charge is 2.11. The lowest BCUT2D eigenvalue weighted by atomic mass is 10.1. The van der Waals surface area contributed by atoms with Crippen molar-refractivity contribution in [2.75, 3.05) is 0 Å². The Balaban J connectivity index is 1.92. The van der Waals surface area contributed by atoms with Crippen molar-refractivity contribution >= 4 is 0 Å². The van der Waals surface area contributed by atoms with Crippen molar-refractivity contribution in [1.29, 1.82) is 0 Å². The predicted molar refractivity (Wildman–Crippen MR) is 67.6 cm³/mol. The molecule has 0 aliphatic rings. The first-order chi connectivity index (χ1) is 8.65. The summed E-state index contributed by atoms with van der Waals surface area (Å²) in [7, 11) is 0. The molecule has 2 aromatic heterocycles. The molecule has 2 aromatic rings. The molecule has 4 heteroatoms. The molecule has 2 atom stereocenters. The van der Waals surface area contributed by atoms with Crippen molar-refractivity contribution in [3.63, 3.8) is 0 Å². The average molecular weight is 248 g/mol. The van der Waals surface area contributed by atoms with Crippen LogP contribution in [0.25, 0.3) is 0 Å². The van der Waals surface area contributed by atoms with Crippen LogP contribution in [0.15, 0.2) is 41.3 Å². The summed E-state index contributed by atoms with van der Waals surface area (Å²) in [5, 5.41) is 3.39. The van der Waals surface area contributed by atoms with Crippen LogP contribution in [0.5, 0.6) is 0 Å². The fraction of sp³-hybridized carbons (Fsp3) is 0.357. The third-order valence-electron chi connectivity index (χ3n) is 2.85. The summed E-state index contributed by atoms with van der Waals surface area (Å²) in [5.74, 6) is 0.638. The molecule has 0 fully saturated rings. The van der Waals surface area contributed by atoms with Gasteiger partial charge in [0.15, 0.2) is 0 Å². The van der Waals surface area contributed by atoms with Crippen LogP contribution in [0.2, 0.25) is 0 Å². The second-order valence-corrected chi connectivity index (χ2v) is 4.51. The van der Waals surface area contributed by atoms with Crippen molar-refractivity contribution in [3.05, 3.63) is 54.0 Å². The maximum atomic E-state index is 13.1. The van der Waals surface area contributed by atoms with Gasteiger partial charge in [0.25, 0.3) is 0 Å². The Morgan fingerprint density at radius 1 is 1.39 bits per heavy atom. The molecular formula is C14H17FN2O. The van der Waals surface area contributed by atoms with Gasteiger partial charge in [-0.25, -0.2) is 4.39 Å². The van der Waals surface area contributed by atoms with Crippen LogP contribution in [0.1, 0.15) is 31.2 Å². The summed E-state index contributed by atoms with van der Waals surface area (Å²) < 4.78 is 18.4. The van der Waals surface area contributed by atoms with E-state index in [-0.39, 0.29) is 17.9 Å². The molecule has 18 heavy (non-hydrogen) atoms. The highest BCUT2D eigenvalue weighted by molar-refractivity contribution is 5.14.